The molecule has 0 aliphatic carbocycles. The van der Waals surface area contributed by atoms with Crippen LogP contribution < -0.4 is 24.2 Å². The van der Waals surface area contributed by atoms with Gasteiger partial charge in [-0.3, -0.25) is 9.59 Å². The van der Waals surface area contributed by atoms with Gasteiger partial charge in [0.2, 0.25) is 11.7 Å². The number of Topliss-reactive ketones (excluding diaryl/α,β-unsaturated/α-hetero) is 1. The summed E-state index contributed by atoms with van der Waals surface area (Å²) in [6.07, 6.45) is 0. The Morgan fingerprint density at radius 1 is 1.00 bits per heavy atom. The van der Waals surface area contributed by atoms with Gasteiger partial charge in [-0.15, -0.1) is 0 Å². The van der Waals surface area contributed by atoms with Crippen molar-refractivity contribution in [3.63, 3.8) is 0 Å². The number of nitrogens with zero attached hydrogens (tertiary/aromatic N) is 1. The largest absolute Gasteiger partial charge is 0.868 e. The minimum absolute atomic E-state index is 0.0302. The second-order valence-electron chi connectivity index (χ2n) is 8.78. The number of quaternary nitrogens is 1. The molecule has 1 atom stereocenters. The van der Waals surface area contributed by atoms with Crippen LogP contribution in [0.3, 0.4) is 0 Å². The minimum Gasteiger partial charge on any atom is -0.868 e. The predicted octanol–water partition coefficient (Wildman–Crippen LogP) is 1.76. The third-order valence-electron chi connectivity index (χ3n) is 6.91. The number of methoxy groups -OCH3 is 3. The molecule has 0 spiro atoms. The van der Waals surface area contributed by atoms with Crippen LogP contribution >= 0.6 is 0 Å². The molecule has 4 rings (SSSR count). The molecule has 1 aliphatic rings. The molecule has 0 radical (unpaired) electrons. The van der Waals surface area contributed by atoms with E-state index in [1.54, 1.807) is 42.5 Å². The van der Waals surface area contributed by atoms with E-state index in [2.05, 4.69) is 13.8 Å². The summed E-state index contributed by atoms with van der Waals surface area (Å²) in [6.45, 7) is 6.84. The molecule has 1 unspecified atom stereocenters. The van der Waals surface area contributed by atoms with Crippen molar-refractivity contribution in [1.29, 1.82) is 0 Å². The second kappa shape index (κ2) is 11.0. The summed E-state index contributed by atoms with van der Waals surface area (Å²) >= 11 is 0. The molecule has 1 N–H and O–H groups in total. The van der Waals surface area contributed by atoms with Crippen molar-refractivity contribution >= 4 is 22.7 Å². The van der Waals surface area contributed by atoms with Crippen LogP contribution in [-0.2, 0) is 4.79 Å². The number of benzene rings is 2. The molecule has 9 heteroatoms. The molecule has 2 heterocycles. The van der Waals surface area contributed by atoms with Crippen molar-refractivity contribution in [2.24, 2.45) is 0 Å². The highest BCUT2D eigenvalue weighted by Gasteiger charge is 2.41. The summed E-state index contributed by atoms with van der Waals surface area (Å²) in [5.41, 5.74) is 0.823. The van der Waals surface area contributed by atoms with E-state index in [-0.39, 0.29) is 11.3 Å². The highest BCUT2D eigenvalue weighted by molar-refractivity contribution is 6.16. The highest BCUT2D eigenvalue weighted by Crippen LogP contribution is 2.41. The van der Waals surface area contributed by atoms with Crippen LogP contribution in [0.15, 0.2) is 58.2 Å². The van der Waals surface area contributed by atoms with E-state index in [0.29, 0.717) is 46.9 Å². The first-order chi connectivity index (χ1) is 17.9. The molecule has 37 heavy (non-hydrogen) atoms. The number of carbonyl (C=O) groups is 2. The molecule has 0 saturated carbocycles. The molecule has 3 aromatic rings. The first-order valence-corrected chi connectivity index (χ1v) is 12.3. The number of fused-ring (bicyclic) bond motifs is 1. The molecule has 196 valence electrons. The molecule has 1 amide bonds. The number of ketones is 1. The highest BCUT2D eigenvalue weighted by atomic mass is 16.5. The average Bonchev–Trinajstić information content (AvgIpc) is 3.47. The summed E-state index contributed by atoms with van der Waals surface area (Å²) in [5.74, 6) is -0.795. The van der Waals surface area contributed by atoms with Gasteiger partial charge < -0.3 is 33.5 Å². The minimum atomic E-state index is -0.891. The zero-order chi connectivity index (χ0) is 26.7. The Bertz CT molecular complexity index is 1340. The fourth-order valence-electron chi connectivity index (χ4n) is 4.79. The fraction of sp³-hybridized carbons (Fsp3) is 0.357. The van der Waals surface area contributed by atoms with E-state index in [4.69, 9.17) is 18.6 Å². The lowest BCUT2D eigenvalue weighted by Crippen LogP contribution is -3.12. The first-order valence-electron chi connectivity index (χ1n) is 12.3. The quantitative estimate of drug-likeness (QED) is 0.394. The number of ether oxygens (including phenoxy) is 3. The van der Waals surface area contributed by atoms with E-state index >= 15 is 0 Å². The molecule has 0 saturated heterocycles. The lowest BCUT2D eigenvalue weighted by molar-refractivity contribution is -0.895. The van der Waals surface area contributed by atoms with Crippen LogP contribution in [0.5, 0.6) is 17.2 Å². The molecule has 2 aromatic carbocycles. The molecule has 9 nitrogen and oxygen atoms in total. The lowest BCUT2D eigenvalue weighted by Gasteiger charge is -2.29. The van der Waals surface area contributed by atoms with E-state index < -0.39 is 23.5 Å². The Balaban J connectivity index is 1.80. The van der Waals surface area contributed by atoms with Crippen molar-refractivity contribution in [1.82, 2.24) is 4.90 Å². The van der Waals surface area contributed by atoms with Crippen LogP contribution in [-0.4, -0.2) is 64.1 Å². The van der Waals surface area contributed by atoms with Gasteiger partial charge in [0.05, 0.1) is 53.6 Å². The summed E-state index contributed by atoms with van der Waals surface area (Å²) in [6, 6.07) is 11.1. The van der Waals surface area contributed by atoms with Gasteiger partial charge in [0.1, 0.15) is 0 Å². The van der Waals surface area contributed by atoms with Crippen molar-refractivity contribution in [3.8, 4) is 17.2 Å². The Hall–Kier alpha value is -3.98. The van der Waals surface area contributed by atoms with Crippen molar-refractivity contribution in [2.45, 2.75) is 19.9 Å². The van der Waals surface area contributed by atoms with Crippen LogP contribution in [0.25, 0.3) is 11.0 Å². The predicted molar refractivity (Wildman–Crippen MR) is 135 cm³/mol. The second-order valence-corrected chi connectivity index (χ2v) is 8.78. The number of carbonyl (C=O) groups excluding carboxylic acids is 2. The first kappa shape index (κ1) is 26.1. The molecule has 1 aromatic heterocycles. The molecule has 1 aliphatic heterocycles. The number of hydrogen-bond acceptors (Lipinski definition) is 7. The van der Waals surface area contributed by atoms with Crippen molar-refractivity contribution < 1.29 is 38.2 Å². The molecular weight excluding hydrogens is 476 g/mol. The van der Waals surface area contributed by atoms with Crippen LogP contribution in [0.1, 0.15) is 36.0 Å². The van der Waals surface area contributed by atoms with E-state index in [0.717, 1.165) is 13.1 Å². The summed E-state index contributed by atoms with van der Waals surface area (Å²) in [5, 5.41) is 14.0. The van der Waals surface area contributed by atoms with Crippen LogP contribution in [0.2, 0.25) is 0 Å². The van der Waals surface area contributed by atoms with Gasteiger partial charge in [-0.2, -0.15) is 0 Å². The molecule has 0 fully saturated rings. The van der Waals surface area contributed by atoms with E-state index in [1.807, 2.05) is 0 Å². The Morgan fingerprint density at radius 3 is 2.35 bits per heavy atom. The smallest absolute Gasteiger partial charge is 0.240 e. The van der Waals surface area contributed by atoms with Crippen molar-refractivity contribution in [2.75, 3.05) is 47.5 Å². The Labute approximate surface area is 215 Å². The lowest BCUT2D eigenvalue weighted by atomic mass is 9.94. The topological polar surface area (TPSA) is 106 Å². The summed E-state index contributed by atoms with van der Waals surface area (Å²) < 4.78 is 22.0. The molecule has 0 bridgehead atoms. The van der Waals surface area contributed by atoms with Gasteiger partial charge in [0, 0.05) is 11.0 Å². The zero-order valence-electron chi connectivity index (χ0n) is 21.8. The van der Waals surface area contributed by atoms with E-state index in [9.17, 15) is 14.7 Å². The molecular formula is C28H32N2O7. The van der Waals surface area contributed by atoms with Crippen LogP contribution in [0, 0.1) is 0 Å². The number of para-hydroxylation sites is 1. The normalized spacial score (nSPS) is 15.7. The Morgan fingerprint density at radius 2 is 1.70 bits per heavy atom. The van der Waals surface area contributed by atoms with Gasteiger partial charge >= 0.3 is 0 Å². The standard InChI is InChI=1S/C28H32N2O7/c1-6-29(7-2)13-14-30-24(17-11-12-19(34-3)21(15-17)36-5)23(26(32)28(30)33)25(31)22-16-18-9-8-10-20(35-4)27(18)37-22/h8-12,15-16,24,32H,6-7,13-14H2,1-5H3. The SMILES string of the molecule is CC[NH+](CC)CCN1C(=O)C([O-])=C(C(=O)c2cc3cccc(OC)c3o2)C1c1ccc(OC)c(OC)c1. The summed E-state index contributed by atoms with van der Waals surface area (Å²) in [4.78, 5) is 29.8. The van der Waals surface area contributed by atoms with Crippen LogP contribution in [0.4, 0.5) is 0 Å². The van der Waals surface area contributed by atoms with E-state index in [1.165, 1.54) is 31.1 Å². The van der Waals surface area contributed by atoms with Gasteiger partial charge in [-0.25, -0.2) is 0 Å². The number of likely N-dealkylation sites (N-methyl/N-ethyl adjacent to an activating group) is 1. The Kier molecular flexibility index (Phi) is 7.73. The maximum absolute atomic E-state index is 13.8. The third-order valence-corrected chi connectivity index (χ3v) is 6.91. The number of amides is 1. The third kappa shape index (κ3) is 4.74. The van der Waals surface area contributed by atoms with Crippen molar-refractivity contribution in [3.05, 3.63) is 65.1 Å². The maximum Gasteiger partial charge on any atom is 0.240 e. The number of hydrogen-bond donors (Lipinski definition) is 1. The number of furan rings is 1. The van der Waals surface area contributed by atoms with Gasteiger partial charge in [-0.05, 0) is 49.4 Å². The zero-order valence-corrected chi connectivity index (χ0v) is 21.8. The van der Waals surface area contributed by atoms with Gasteiger partial charge in [0.25, 0.3) is 0 Å². The summed E-state index contributed by atoms with van der Waals surface area (Å²) in [7, 11) is 4.54. The van der Waals surface area contributed by atoms with Gasteiger partial charge in [-0.1, -0.05) is 18.2 Å². The monoisotopic (exact) mass is 508 g/mol. The average molecular weight is 509 g/mol. The maximum atomic E-state index is 13.8. The fourth-order valence-corrected chi connectivity index (χ4v) is 4.79. The number of nitrogens with one attached hydrogen (secondary N) is 1. The van der Waals surface area contributed by atoms with Gasteiger partial charge in [0.15, 0.2) is 28.6 Å². The number of rotatable bonds is 11.